The maximum atomic E-state index is 12.5. The van der Waals surface area contributed by atoms with Gasteiger partial charge in [0.15, 0.2) is 0 Å². The van der Waals surface area contributed by atoms with Crippen molar-refractivity contribution in [3.8, 4) is 0 Å². The van der Waals surface area contributed by atoms with Crippen LogP contribution in [0.3, 0.4) is 0 Å². The van der Waals surface area contributed by atoms with Crippen LogP contribution in [0.1, 0.15) is 328 Å². The zero-order valence-electron chi connectivity index (χ0n) is 43.7. The molecule has 0 saturated heterocycles. The Morgan fingerprint density at radius 2 is 0.625 bits per heavy atom. The molecular weight excluding hydrogens is 789 g/mol. The van der Waals surface area contributed by atoms with Crippen LogP contribution in [-0.2, 0) is 19.1 Å². The van der Waals surface area contributed by atoms with E-state index in [4.69, 9.17) is 9.47 Å². The molecule has 380 valence electrons. The van der Waals surface area contributed by atoms with Gasteiger partial charge >= 0.3 is 11.9 Å². The first-order chi connectivity index (χ1) is 31.6. The second-order valence-corrected chi connectivity index (χ2v) is 20.2. The molecule has 2 atom stereocenters. The van der Waals surface area contributed by atoms with Gasteiger partial charge in [0.1, 0.15) is 0 Å². The monoisotopic (exact) mass is 903 g/mol. The number of hydrogen-bond acceptors (Lipinski definition) is 5. The van der Waals surface area contributed by atoms with E-state index in [1.807, 2.05) is 0 Å². The third-order valence-corrected chi connectivity index (χ3v) is 14.1. The van der Waals surface area contributed by atoms with E-state index in [1.165, 1.54) is 277 Å². The summed E-state index contributed by atoms with van der Waals surface area (Å²) in [5.41, 5.74) is 0. The molecule has 0 aliphatic heterocycles. The molecule has 0 aromatic rings. The van der Waals surface area contributed by atoms with Gasteiger partial charge in [-0.25, -0.2) is 0 Å². The van der Waals surface area contributed by atoms with Crippen LogP contribution in [0.2, 0.25) is 0 Å². The molecule has 0 aliphatic carbocycles. The lowest BCUT2D eigenvalue weighted by atomic mass is 9.91. The van der Waals surface area contributed by atoms with Crippen molar-refractivity contribution in [1.29, 1.82) is 0 Å². The number of methoxy groups -OCH3 is 2. The highest BCUT2D eigenvalue weighted by molar-refractivity contribution is 5.72. The van der Waals surface area contributed by atoms with Gasteiger partial charge in [0.2, 0.25) is 0 Å². The topological polar surface area (TPSA) is 72.8 Å². The summed E-state index contributed by atoms with van der Waals surface area (Å²) < 4.78 is 9.78. The van der Waals surface area contributed by atoms with Gasteiger partial charge in [-0.05, 0) is 44.9 Å². The molecule has 0 spiro atoms. The number of unbranched alkanes of at least 4 members (excludes halogenated alkanes) is 44. The first kappa shape index (κ1) is 62.6. The van der Waals surface area contributed by atoms with Crippen molar-refractivity contribution in [3.05, 3.63) is 12.2 Å². The fourth-order valence-electron chi connectivity index (χ4n) is 9.64. The number of carbonyl (C=O) groups is 2. The lowest BCUT2D eigenvalue weighted by Crippen LogP contribution is -2.29. The number of allylic oxidation sites excluding steroid dienone is 2. The summed E-state index contributed by atoms with van der Waals surface area (Å²) in [5, 5.41) is 10.9. The van der Waals surface area contributed by atoms with Crippen molar-refractivity contribution in [2.75, 3.05) is 14.2 Å². The normalized spacial score (nSPS) is 12.6. The van der Waals surface area contributed by atoms with Gasteiger partial charge in [-0.1, -0.05) is 289 Å². The zero-order chi connectivity index (χ0) is 46.5. The zero-order valence-corrected chi connectivity index (χ0v) is 43.7. The van der Waals surface area contributed by atoms with Crippen LogP contribution >= 0.6 is 0 Å². The second kappa shape index (κ2) is 54.2. The van der Waals surface area contributed by atoms with Gasteiger partial charge in [0, 0.05) is 6.42 Å². The minimum absolute atomic E-state index is 0.0707. The van der Waals surface area contributed by atoms with E-state index in [-0.39, 0.29) is 17.9 Å². The van der Waals surface area contributed by atoms with Gasteiger partial charge < -0.3 is 14.6 Å². The number of aliphatic hydroxyl groups is 1. The highest BCUT2D eigenvalue weighted by Gasteiger charge is 2.26. The summed E-state index contributed by atoms with van der Waals surface area (Å²) in [4.78, 5) is 23.6. The van der Waals surface area contributed by atoms with E-state index in [2.05, 4.69) is 19.1 Å². The van der Waals surface area contributed by atoms with E-state index < -0.39 is 6.10 Å². The molecule has 2 unspecified atom stereocenters. The Kier molecular flexibility index (Phi) is 53.1. The molecule has 64 heavy (non-hydrogen) atoms. The maximum absolute atomic E-state index is 12.5. The molecule has 0 amide bonds. The molecule has 0 fully saturated rings. The van der Waals surface area contributed by atoms with Crippen LogP contribution in [0.5, 0.6) is 0 Å². The smallest absolute Gasteiger partial charge is 0.311 e. The van der Waals surface area contributed by atoms with Crippen molar-refractivity contribution >= 4 is 11.9 Å². The summed E-state index contributed by atoms with van der Waals surface area (Å²) in [5.74, 6) is -0.641. The summed E-state index contributed by atoms with van der Waals surface area (Å²) in [6.07, 6.45) is 69.2. The molecule has 0 heterocycles. The van der Waals surface area contributed by atoms with Crippen LogP contribution in [0.25, 0.3) is 0 Å². The molecule has 0 aliphatic rings. The van der Waals surface area contributed by atoms with Crippen molar-refractivity contribution in [3.63, 3.8) is 0 Å². The number of rotatable bonds is 54. The molecule has 0 saturated carbocycles. The van der Waals surface area contributed by atoms with Crippen LogP contribution < -0.4 is 0 Å². The number of ether oxygens (including phenoxy) is 2. The fraction of sp³-hybridized carbons (Fsp3) is 0.932. The molecular formula is C59H114O5. The highest BCUT2D eigenvalue weighted by atomic mass is 16.5. The van der Waals surface area contributed by atoms with Crippen LogP contribution in [0.15, 0.2) is 12.2 Å². The number of hydrogen-bond donors (Lipinski definition) is 1. The minimum Gasteiger partial charge on any atom is -0.469 e. The Hall–Kier alpha value is -1.36. The average molecular weight is 904 g/mol. The van der Waals surface area contributed by atoms with Crippen molar-refractivity contribution < 1.29 is 24.2 Å². The third-order valence-electron chi connectivity index (χ3n) is 14.1. The van der Waals surface area contributed by atoms with Crippen LogP contribution in [0, 0.1) is 5.92 Å². The standard InChI is InChI=1S/C59H114O5/c1-4-5-6-7-8-9-10-11-12-13-29-32-35-38-41-44-47-50-53-56(59(62)64-3)57(60)54-51-48-45-42-39-36-33-30-27-25-23-21-19-17-15-14-16-18-20-22-24-26-28-31-34-37-40-43-46-49-52-55-58(61)63-2/h20,22,56-57,60H,4-19,21,23-55H2,1-3H3. The van der Waals surface area contributed by atoms with Gasteiger partial charge in [-0.2, -0.15) is 0 Å². The van der Waals surface area contributed by atoms with Crippen LogP contribution in [0.4, 0.5) is 0 Å². The average Bonchev–Trinajstić information content (AvgIpc) is 3.30. The SMILES string of the molecule is CCCCCCCCCCCCCCCCCCCCC(C(=O)OC)C(O)CCCCCCCCCCCCCCCCCCCC=CCCCCCCCCCCCCC(=O)OC. The minimum atomic E-state index is -0.558. The predicted molar refractivity (Wildman–Crippen MR) is 279 cm³/mol. The Bertz CT molecular complexity index is 948. The first-order valence-corrected chi connectivity index (χ1v) is 29.0. The summed E-state index contributed by atoms with van der Waals surface area (Å²) in [7, 11) is 2.94. The molecule has 0 aromatic heterocycles. The molecule has 0 radical (unpaired) electrons. The van der Waals surface area contributed by atoms with E-state index in [9.17, 15) is 14.7 Å². The van der Waals surface area contributed by atoms with Gasteiger partial charge in [-0.3, -0.25) is 9.59 Å². The van der Waals surface area contributed by atoms with E-state index in [0.717, 1.165) is 51.4 Å². The molecule has 0 rings (SSSR count). The van der Waals surface area contributed by atoms with E-state index in [0.29, 0.717) is 6.42 Å². The fourth-order valence-corrected chi connectivity index (χ4v) is 9.64. The molecule has 1 N–H and O–H groups in total. The Morgan fingerprint density at radius 1 is 0.359 bits per heavy atom. The number of aliphatic hydroxyl groups excluding tert-OH is 1. The summed E-state index contributed by atoms with van der Waals surface area (Å²) >= 11 is 0. The van der Waals surface area contributed by atoms with Crippen LogP contribution in [-0.4, -0.2) is 37.4 Å². The molecule has 0 bridgehead atoms. The number of esters is 2. The second-order valence-electron chi connectivity index (χ2n) is 20.2. The molecule has 5 nitrogen and oxygen atoms in total. The Balaban J connectivity index is 3.45. The Labute approximate surface area is 401 Å². The maximum Gasteiger partial charge on any atom is 0.311 e. The van der Waals surface area contributed by atoms with Crippen molar-refractivity contribution in [2.24, 2.45) is 5.92 Å². The van der Waals surface area contributed by atoms with E-state index >= 15 is 0 Å². The van der Waals surface area contributed by atoms with Gasteiger partial charge in [-0.15, -0.1) is 0 Å². The van der Waals surface area contributed by atoms with Crippen molar-refractivity contribution in [2.45, 2.75) is 334 Å². The largest absolute Gasteiger partial charge is 0.469 e. The lowest BCUT2D eigenvalue weighted by molar-refractivity contribution is -0.150. The summed E-state index contributed by atoms with van der Waals surface area (Å²) in [6.45, 7) is 2.29. The van der Waals surface area contributed by atoms with Crippen molar-refractivity contribution in [1.82, 2.24) is 0 Å². The van der Waals surface area contributed by atoms with Gasteiger partial charge in [0.05, 0.1) is 26.2 Å². The molecule has 0 aromatic carbocycles. The van der Waals surface area contributed by atoms with Gasteiger partial charge in [0.25, 0.3) is 0 Å². The first-order valence-electron chi connectivity index (χ1n) is 29.0. The summed E-state index contributed by atoms with van der Waals surface area (Å²) in [6, 6.07) is 0. The third kappa shape index (κ3) is 48.6. The molecule has 5 heteroatoms. The predicted octanol–water partition coefficient (Wildman–Crippen LogP) is 19.4. The lowest BCUT2D eigenvalue weighted by Gasteiger charge is -2.20. The highest BCUT2D eigenvalue weighted by Crippen LogP contribution is 2.23. The Morgan fingerprint density at radius 3 is 0.922 bits per heavy atom. The van der Waals surface area contributed by atoms with E-state index in [1.54, 1.807) is 0 Å². The quantitative estimate of drug-likeness (QED) is 0.0374. The number of carbonyl (C=O) groups excluding carboxylic acids is 2.